The molecule has 1 nitrogen and oxygen atoms in total. The van der Waals surface area contributed by atoms with Crippen LogP contribution in [-0.2, 0) is 12.8 Å². The van der Waals surface area contributed by atoms with Gasteiger partial charge in [0.15, 0.2) is 0 Å². The topological polar surface area (TPSA) is 26.0 Å². The molecule has 0 aromatic heterocycles. The second kappa shape index (κ2) is 3.09. The maximum Gasteiger partial charge on any atom is -0.00428 e. The Morgan fingerprint density at radius 2 is 2.07 bits per heavy atom. The van der Waals surface area contributed by atoms with E-state index in [1.54, 1.807) is 16.7 Å². The first-order chi connectivity index (χ1) is 6.88. The van der Waals surface area contributed by atoms with E-state index in [9.17, 15) is 0 Å². The summed E-state index contributed by atoms with van der Waals surface area (Å²) in [4.78, 5) is 0. The Morgan fingerprint density at radius 1 is 1.21 bits per heavy atom. The standard InChI is InChI=1S/C13H17N/c14-8-12-7-13(12)11-5-4-9-2-1-3-10(9)6-11/h4-6,12-13H,1-3,7-8,14H2/t12-,13-/m0/s1. The van der Waals surface area contributed by atoms with Gasteiger partial charge in [-0.3, -0.25) is 0 Å². The number of nitrogens with two attached hydrogens (primary N) is 1. The molecular formula is C13H17N. The molecule has 1 saturated carbocycles. The monoisotopic (exact) mass is 187 g/mol. The van der Waals surface area contributed by atoms with Gasteiger partial charge in [-0.25, -0.2) is 0 Å². The lowest BCUT2D eigenvalue weighted by Crippen LogP contribution is -2.02. The fourth-order valence-electron chi connectivity index (χ4n) is 2.74. The molecule has 0 spiro atoms. The van der Waals surface area contributed by atoms with Gasteiger partial charge in [0.1, 0.15) is 0 Å². The molecule has 2 N–H and O–H groups in total. The molecule has 3 rings (SSSR count). The van der Waals surface area contributed by atoms with Gasteiger partial charge in [0.05, 0.1) is 0 Å². The first kappa shape index (κ1) is 8.49. The fourth-order valence-corrected chi connectivity index (χ4v) is 2.74. The van der Waals surface area contributed by atoms with E-state index in [-0.39, 0.29) is 0 Å². The Morgan fingerprint density at radius 3 is 2.86 bits per heavy atom. The minimum atomic E-state index is 0.773. The molecule has 0 heterocycles. The predicted octanol–water partition coefficient (Wildman–Crippen LogP) is 2.24. The average Bonchev–Trinajstić information content (AvgIpc) is 2.87. The number of rotatable bonds is 2. The third-order valence-corrected chi connectivity index (χ3v) is 3.78. The predicted molar refractivity (Wildman–Crippen MR) is 58.4 cm³/mol. The van der Waals surface area contributed by atoms with Crippen molar-refractivity contribution in [3.63, 3.8) is 0 Å². The highest BCUT2D eigenvalue weighted by molar-refractivity contribution is 5.38. The Bertz CT molecular complexity index is 356. The van der Waals surface area contributed by atoms with Crippen LogP contribution in [0.25, 0.3) is 0 Å². The van der Waals surface area contributed by atoms with E-state index in [1.165, 1.54) is 25.7 Å². The van der Waals surface area contributed by atoms with Crippen molar-refractivity contribution in [3.8, 4) is 0 Å². The molecular weight excluding hydrogens is 170 g/mol. The molecule has 1 heteroatoms. The van der Waals surface area contributed by atoms with Gasteiger partial charge in [0.2, 0.25) is 0 Å². The van der Waals surface area contributed by atoms with Gasteiger partial charge >= 0.3 is 0 Å². The lowest BCUT2D eigenvalue weighted by molar-refractivity contribution is 0.809. The van der Waals surface area contributed by atoms with Crippen LogP contribution in [0.3, 0.4) is 0 Å². The molecule has 2 atom stereocenters. The molecule has 1 fully saturated rings. The van der Waals surface area contributed by atoms with Crippen LogP contribution in [-0.4, -0.2) is 6.54 Å². The van der Waals surface area contributed by atoms with Crippen LogP contribution in [0.2, 0.25) is 0 Å². The van der Waals surface area contributed by atoms with Crippen LogP contribution >= 0.6 is 0 Å². The first-order valence-electron chi connectivity index (χ1n) is 5.70. The summed E-state index contributed by atoms with van der Waals surface area (Å²) in [5.74, 6) is 1.56. The van der Waals surface area contributed by atoms with Crippen LogP contribution in [0.5, 0.6) is 0 Å². The number of hydrogen-bond acceptors (Lipinski definition) is 1. The van der Waals surface area contributed by atoms with Crippen molar-refractivity contribution in [1.29, 1.82) is 0 Å². The van der Waals surface area contributed by atoms with Crippen LogP contribution in [0.15, 0.2) is 18.2 Å². The maximum atomic E-state index is 5.67. The summed E-state index contributed by atoms with van der Waals surface area (Å²) in [6.07, 6.45) is 5.25. The summed E-state index contributed by atoms with van der Waals surface area (Å²) in [6, 6.07) is 7.09. The zero-order chi connectivity index (χ0) is 9.54. The van der Waals surface area contributed by atoms with Crippen LogP contribution in [0.1, 0.15) is 35.4 Å². The van der Waals surface area contributed by atoms with Gasteiger partial charge in [0.25, 0.3) is 0 Å². The van der Waals surface area contributed by atoms with Crippen molar-refractivity contribution in [3.05, 3.63) is 34.9 Å². The summed E-state index contributed by atoms with van der Waals surface area (Å²) in [5.41, 5.74) is 10.4. The SMILES string of the molecule is NC[C@@H]1C[C@H]1c1ccc2c(c1)CCC2. The molecule has 2 aliphatic rings. The Kier molecular flexibility index (Phi) is 1.88. The molecule has 0 radical (unpaired) electrons. The number of hydrogen-bond donors (Lipinski definition) is 1. The average molecular weight is 187 g/mol. The molecule has 14 heavy (non-hydrogen) atoms. The third-order valence-electron chi connectivity index (χ3n) is 3.78. The van der Waals surface area contributed by atoms with Gasteiger partial charge < -0.3 is 5.73 Å². The van der Waals surface area contributed by atoms with E-state index < -0.39 is 0 Å². The van der Waals surface area contributed by atoms with Crippen LogP contribution in [0, 0.1) is 5.92 Å². The van der Waals surface area contributed by atoms with Crippen molar-refractivity contribution >= 4 is 0 Å². The molecule has 0 saturated heterocycles. The largest absolute Gasteiger partial charge is 0.330 e. The summed E-state index contributed by atoms with van der Waals surface area (Å²) in [6.45, 7) is 0.863. The summed E-state index contributed by atoms with van der Waals surface area (Å²) >= 11 is 0. The van der Waals surface area contributed by atoms with E-state index in [0.29, 0.717) is 0 Å². The van der Waals surface area contributed by atoms with Gasteiger partial charge in [-0.1, -0.05) is 18.2 Å². The zero-order valence-electron chi connectivity index (χ0n) is 8.50. The van der Waals surface area contributed by atoms with E-state index in [1.807, 2.05) is 0 Å². The Hall–Kier alpha value is -0.820. The highest BCUT2D eigenvalue weighted by atomic mass is 14.6. The van der Waals surface area contributed by atoms with Gasteiger partial charge in [0, 0.05) is 0 Å². The number of fused-ring (bicyclic) bond motifs is 1. The smallest absolute Gasteiger partial charge is 0.00428 e. The first-order valence-corrected chi connectivity index (χ1v) is 5.70. The van der Waals surface area contributed by atoms with Gasteiger partial charge in [-0.2, -0.15) is 0 Å². The highest BCUT2D eigenvalue weighted by Gasteiger charge is 2.37. The molecule has 74 valence electrons. The maximum absolute atomic E-state index is 5.67. The minimum absolute atomic E-state index is 0.773. The Labute approximate surface area is 85.3 Å². The summed E-state index contributed by atoms with van der Waals surface area (Å²) in [5, 5.41) is 0. The number of aryl methyl sites for hydroxylation is 2. The summed E-state index contributed by atoms with van der Waals surface area (Å²) < 4.78 is 0. The molecule has 0 amide bonds. The molecule has 1 aromatic rings. The lowest BCUT2D eigenvalue weighted by Gasteiger charge is -2.03. The molecule has 0 unspecified atom stereocenters. The lowest BCUT2D eigenvalue weighted by atomic mass is 10.0. The third kappa shape index (κ3) is 1.27. The van der Waals surface area contributed by atoms with E-state index in [4.69, 9.17) is 5.73 Å². The normalized spacial score (nSPS) is 28.9. The van der Waals surface area contributed by atoms with Crippen LogP contribution < -0.4 is 5.73 Å². The van der Waals surface area contributed by atoms with E-state index in [2.05, 4.69) is 18.2 Å². The molecule has 0 bridgehead atoms. The quantitative estimate of drug-likeness (QED) is 0.755. The van der Waals surface area contributed by atoms with Crippen molar-refractivity contribution in [1.82, 2.24) is 0 Å². The van der Waals surface area contributed by atoms with E-state index in [0.717, 1.165) is 18.4 Å². The molecule has 2 aliphatic carbocycles. The fraction of sp³-hybridized carbons (Fsp3) is 0.538. The van der Waals surface area contributed by atoms with Crippen molar-refractivity contribution in [2.75, 3.05) is 6.54 Å². The highest BCUT2D eigenvalue weighted by Crippen LogP contribution is 2.47. The van der Waals surface area contributed by atoms with E-state index >= 15 is 0 Å². The van der Waals surface area contributed by atoms with Crippen molar-refractivity contribution < 1.29 is 0 Å². The summed E-state index contributed by atoms with van der Waals surface area (Å²) in [7, 11) is 0. The second-order valence-corrected chi connectivity index (χ2v) is 4.72. The van der Waals surface area contributed by atoms with Crippen molar-refractivity contribution in [2.24, 2.45) is 11.7 Å². The van der Waals surface area contributed by atoms with Gasteiger partial charge in [-0.15, -0.1) is 0 Å². The molecule has 0 aliphatic heterocycles. The Balaban J connectivity index is 1.87. The molecule has 1 aromatic carbocycles. The van der Waals surface area contributed by atoms with Gasteiger partial charge in [-0.05, 0) is 60.8 Å². The zero-order valence-corrected chi connectivity index (χ0v) is 8.50. The minimum Gasteiger partial charge on any atom is -0.330 e. The van der Waals surface area contributed by atoms with Crippen LogP contribution in [0.4, 0.5) is 0 Å². The van der Waals surface area contributed by atoms with Crippen molar-refractivity contribution in [2.45, 2.75) is 31.6 Å². The number of benzene rings is 1. The second-order valence-electron chi connectivity index (χ2n) is 4.72.